The van der Waals surface area contributed by atoms with Gasteiger partial charge in [0.2, 0.25) is 0 Å². The number of ether oxygens (including phenoxy) is 1. The van der Waals surface area contributed by atoms with E-state index in [0.717, 1.165) is 26.2 Å². The Kier molecular flexibility index (Phi) is 3.16. The molecule has 3 heterocycles. The molecular weight excluding hydrogens is 214 g/mol. The third-order valence-corrected chi connectivity index (χ3v) is 4.19. The van der Waals surface area contributed by atoms with Gasteiger partial charge in [-0.05, 0) is 26.3 Å². The predicted octanol–water partition coefficient (Wildman–Crippen LogP) is 1.39. The topological polar surface area (TPSA) is 39.1 Å². The average molecular weight is 235 g/mol. The second-order valence-electron chi connectivity index (χ2n) is 5.29. The van der Waals surface area contributed by atoms with Gasteiger partial charge >= 0.3 is 0 Å². The number of nitrogens with zero attached hydrogens (tertiary/aromatic N) is 2. The molecule has 2 aliphatic heterocycles. The molecule has 0 radical (unpaired) electrons. The normalized spacial score (nSPS) is 33.4. The van der Waals surface area contributed by atoms with Crippen molar-refractivity contribution >= 4 is 0 Å². The summed E-state index contributed by atoms with van der Waals surface area (Å²) in [6.45, 7) is 6.40. The van der Waals surface area contributed by atoms with Gasteiger partial charge in [0.15, 0.2) is 0 Å². The molecule has 1 aromatic rings. The fraction of sp³-hybridized carbons (Fsp3) is 0.769. The van der Waals surface area contributed by atoms with E-state index in [1.807, 2.05) is 12.5 Å². The molecule has 2 aliphatic rings. The van der Waals surface area contributed by atoms with Crippen molar-refractivity contribution in [2.24, 2.45) is 5.92 Å². The van der Waals surface area contributed by atoms with Gasteiger partial charge in [-0.2, -0.15) is 0 Å². The fourth-order valence-corrected chi connectivity index (χ4v) is 3.00. The summed E-state index contributed by atoms with van der Waals surface area (Å²) in [4.78, 5) is 4.33. The van der Waals surface area contributed by atoms with Crippen LogP contribution in [0.25, 0.3) is 0 Å². The fourth-order valence-electron chi connectivity index (χ4n) is 3.00. The number of hydrogen-bond donors (Lipinski definition) is 1. The van der Waals surface area contributed by atoms with Crippen molar-refractivity contribution in [2.75, 3.05) is 19.7 Å². The van der Waals surface area contributed by atoms with Crippen LogP contribution in [0.4, 0.5) is 0 Å². The van der Waals surface area contributed by atoms with Crippen LogP contribution in [0.2, 0.25) is 0 Å². The van der Waals surface area contributed by atoms with Crippen molar-refractivity contribution in [1.82, 2.24) is 14.9 Å². The highest BCUT2D eigenvalue weighted by Gasteiger charge is 2.26. The minimum Gasteiger partial charge on any atom is -0.378 e. The molecule has 1 aromatic heterocycles. The standard InChI is InChI=1S/C13H21N3O/c1-10-12(3-5-17-10)8-16-9-15-7-13(16)11-2-4-14-6-11/h7,9-12,14H,2-6,8H2,1H3. The van der Waals surface area contributed by atoms with Crippen molar-refractivity contribution < 1.29 is 4.74 Å². The molecule has 2 fully saturated rings. The highest BCUT2D eigenvalue weighted by molar-refractivity contribution is 5.09. The lowest BCUT2D eigenvalue weighted by molar-refractivity contribution is 0.101. The molecule has 1 N–H and O–H groups in total. The maximum absolute atomic E-state index is 5.63. The Morgan fingerprint density at radius 1 is 1.53 bits per heavy atom. The first-order valence-corrected chi connectivity index (χ1v) is 6.67. The third-order valence-electron chi connectivity index (χ3n) is 4.19. The van der Waals surface area contributed by atoms with Gasteiger partial charge in [0.05, 0.1) is 12.4 Å². The number of aromatic nitrogens is 2. The minimum absolute atomic E-state index is 0.395. The molecule has 4 heteroatoms. The van der Waals surface area contributed by atoms with E-state index in [2.05, 4.69) is 21.8 Å². The summed E-state index contributed by atoms with van der Waals surface area (Å²) in [5, 5.41) is 3.42. The third kappa shape index (κ3) is 2.24. The highest BCUT2D eigenvalue weighted by Crippen LogP contribution is 2.26. The zero-order valence-corrected chi connectivity index (χ0v) is 10.4. The number of rotatable bonds is 3. The highest BCUT2D eigenvalue weighted by atomic mass is 16.5. The van der Waals surface area contributed by atoms with Crippen LogP contribution in [-0.4, -0.2) is 35.4 Å². The van der Waals surface area contributed by atoms with Crippen molar-refractivity contribution in [2.45, 2.75) is 38.3 Å². The molecule has 0 saturated carbocycles. The predicted molar refractivity (Wildman–Crippen MR) is 66.0 cm³/mol. The first kappa shape index (κ1) is 11.2. The molecule has 3 atom stereocenters. The van der Waals surface area contributed by atoms with E-state index in [1.54, 1.807) is 0 Å². The Morgan fingerprint density at radius 2 is 2.47 bits per heavy atom. The molecule has 3 unspecified atom stereocenters. The summed E-state index contributed by atoms with van der Waals surface area (Å²) < 4.78 is 7.97. The van der Waals surface area contributed by atoms with E-state index >= 15 is 0 Å². The smallest absolute Gasteiger partial charge is 0.0948 e. The van der Waals surface area contributed by atoms with Gasteiger partial charge in [-0.15, -0.1) is 0 Å². The van der Waals surface area contributed by atoms with E-state index in [0.29, 0.717) is 17.9 Å². The van der Waals surface area contributed by atoms with Crippen LogP contribution >= 0.6 is 0 Å². The van der Waals surface area contributed by atoms with Gasteiger partial charge in [-0.25, -0.2) is 4.98 Å². The summed E-state index contributed by atoms with van der Waals surface area (Å²) in [6.07, 6.45) is 6.84. The van der Waals surface area contributed by atoms with Gasteiger partial charge in [-0.1, -0.05) is 0 Å². The summed E-state index contributed by atoms with van der Waals surface area (Å²) in [6, 6.07) is 0. The van der Waals surface area contributed by atoms with Crippen molar-refractivity contribution in [3.8, 4) is 0 Å². The molecule has 3 rings (SSSR count). The molecule has 0 aliphatic carbocycles. The van der Waals surface area contributed by atoms with Gasteiger partial charge in [0, 0.05) is 43.4 Å². The number of nitrogens with one attached hydrogen (secondary N) is 1. The van der Waals surface area contributed by atoms with Gasteiger partial charge in [0.25, 0.3) is 0 Å². The first-order chi connectivity index (χ1) is 8.34. The molecule has 2 saturated heterocycles. The van der Waals surface area contributed by atoms with Crippen LogP contribution in [0.3, 0.4) is 0 Å². The Balaban J connectivity index is 1.72. The first-order valence-electron chi connectivity index (χ1n) is 6.67. The molecule has 0 amide bonds. The van der Waals surface area contributed by atoms with Crippen LogP contribution in [-0.2, 0) is 11.3 Å². The van der Waals surface area contributed by atoms with Crippen LogP contribution < -0.4 is 5.32 Å². The van der Waals surface area contributed by atoms with Crippen LogP contribution in [0.15, 0.2) is 12.5 Å². The minimum atomic E-state index is 0.395. The molecule has 4 nitrogen and oxygen atoms in total. The molecule has 0 aromatic carbocycles. The Morgan fingerprint density at radius 3 is 3.18 bits per heavy atom. The zero-order valence-electron chi connectivity index (χ0n) is 10.4. The Bertz CT molecular complexity index is 370. The SMILES string of the molecule is CC1OCCC1Cn1cncc1C1CCNC1. The maximum atomic E-state index is 5.63. The van der Waals surface area contributed by atoms with Crippen molar-refractivity contribution in [3.63, 3.8) is 0 Å². The summed E-state index contributed by atoms with van der Waals surface area (Å²) >= 11 is 0. The maximum Gasteiger partial charge on any atom is 0.0948 e. The van der Waals surface area contributed by atoms with Crippen molar-refractivity contribution in [1.29, 1.82) is 0 Å². The van der Waals surface area contributed by atoms with Gasteiger partial charge < -0.3 is 14.6 Å². The molecule has 94 valence electrons. The molecule has 17 heavy (non-hydrogen) atoms. The number of imidazole rings is 1. The van der Waals surface area contributed by atoms with E-state index in [4.69, 9.17) is 4.74 Å². The molecule has 0 bridgehead atoms. The summed E-state index contributed by atoms with van der Waals surface area (Å²) in [7, 11) is 0. The second-order valence-corrected chi connectivity index (χ2v) is 5.29. The van der Waals surface area contributed by atoms with Crippen LogP contribution in [0, 0.1) is 5.92 Å². The zero-order chi connectivity index (χ0) is 11.7. The Labute approximate surface area is 102 Å². The largest absolute Gasteiger partial charge is 0.378 e. The lowest BCUT2D eigenvalue weighted by atomic mass is 10.0. The quantitative estimate of drug-likeness (QED) is 0.860. The second kappa shape index (κ2) is 4.78. The van der Waals surface area contributed by atoms with E-state index in [9.17, 15) is 0 Å². The van der Waals surface area contributed by atoms with E-state index in [1.165, 1.54) is 18.5 Å². The lowest BCUT2D eigenvalue weighted by Crippen LogP contribution is -2.20. The van der Waals surface area contributed by atoms with Gasteiger partial charge in [-0.3, -0.25) is 0 Å². The monoisotopic (exact) mass is 235 g/mol. The van der Waals surface area contributed by atoms with Crippen LogP contribution in [0.1, 0.15) is 31.4 Å². The average Bonchev–Trinajstić information content (AvgIpc) is 3.02. The summed E-state index contributed by atoms with van der Waals surface area (Å²) in [5.74, 6) is 1.30. The Hall–Kier alpha value is -0.870. The number of hydrogen-bond acceptors (Lipinski definition) is 3. The molecule has 0 spiro atoms. The van der Waals surface area contributed by atoms with E-state index < -0.39 is 0 Å². The van der Waals surface area contributed by atoms with Gasteiger partial charge in [0.1, 0.15) is 0 Å². The van der Waals surface area contributed by atoms with Crippen LogP contribution in [0.5, 0.6) is 0 Å². The molecular formula is C13H21N3O. The van der Waals surface area contributed by atoms with Crippen molar-refractivity contribution in [3.05, 3.63) is 18.2 Å². The van der Waals surface area contributed by atoms with E-state index in [-0.39, 0.29) is 0 Å². The lowest BCUT2D eigenvalue weighted by Gasteiger charge is -2.18. The summed E-state index contributed by atoms with van der Waals surface area (Å²) in [5.41, 5.74) is 1.40.